The number of nitrogens with zero attached hydrogens (tertiary/aromatic N) is 1. The van der Waals surface area contributed by atoms with Crippen molar-refractivity contribution in [1.29, 1.82) is 0 Å². The van der Waals surface area contributed by atoms with Crippen molar-refractivity contribution in [3.05, 3.63) is 68.2 Å². The summed E-state index contributed by atoms with van der Waals surface area (Å²) < 4.78 is 43.8. The molecule has 0 saturated heterocycles. The molecule has 28 heavy (non-hydrogen) atoms. The van der Waals surface area contributed by atoms with Crippen LogP contribution in [0.4, 0.5) is 24.5 Å². The third kappa shape index (κ3) is 4.97. The highest BCUT2D eigenvalue weighted by Crippen LogP contribution is 2.36. The third-order valence-electron chi connectivity index (χ3n) is 3.55. The first-order valence-electron chi connectivity index (χ1n) is 7.58. The molecular formula is C17H12ClF3N2O5. The van der Waals surface area contributed by atoms with Crippen molar-refractivity contribution < 1.29 is 32.4 Å². The SMILES string of the molecule is Cc1cccc([N+](=O)[O-])c1C(=O)OCC(=O)Nc1ccc(Cl)cc1C(F)(F)F. The second-order valence-corrected chi connectivity index (χ2v) is 5.97. The van der Waals surface area contributed by atoms with Gasteiger partial charge in [0.25, 0.3) is 11.6 Å². The van der Waals surface area contributed by atoms with Gasteiger partial charge in [0, 0.05) is 11.1 Å². The van der Waals surface area contributed by atoms with Gasteiger partial charge in [0.15, 0.2) is 6.61 Å². The third-order valence-corrected chi connectivity index (χ3v) is 3.78. The van der Waals surface area contributed by atoms with Crippen molar-refractivity contribution in [1.82, 2.24) is 0 Å². The van der Waals surface area contributed by atoms with Crippen molar-refractivity contribution >= 4 is 34.9 Å². The number of hydrogen-bond donors (Lipinski definition) is 1. The zero-order valence-electron chi connectivity index (χ0n) is 14.2. The lowest BCUT2D eigenvalue weighted by atomic mass is 10.1. The van der Waals surface area contributed by atoms with Gasteiger partial charge in [0.05, 0.1) is 16.2 Å². The normalized spacial score (nSPS) is 11.0. The number of alkyl halides is 3. The highest BCUT2D eigenvalue weighted by Gasteiger charge is 2.34. The number of halogens is 4. The van der Waals surface area contributed by atoms with E-state index in [1.54, 1.807) is 0 Å². The molecule has 2 rings (SSSR count). The topological polar surface area (TPSA) is 98.5 Å². The average molecular weight is 417 g/mol. The molecule has 0 bridgehead atoms. The molecule has 1 N–H and O–H groups in total. The number of carbonyl (C=O) groups excluding carboxylic acids is 2. The highest BCUT2D eigenvalue weighted by atomic mass is 35.5. The first-order valence-corrected chi connectivity index (χ1v) is 7.96. The molecule has 11 heteroatoms. The zero-order chi connectivity index (χ0) is 21.1. The van der Waals surface area contributed by atoms with Crippen LogP contribution in [-0.4, -0.2) is 23.4 Å². The number of anilines is 1. The molecule has 2 aromatic carbocycles. The van der Waals surface area contributed by atoms with Gasteiger partial charge in [-0.2, -0.15) is 13.2 Å². The number of amides is 1. The van der Waals surface area contributed by atoms with Crippen LogP contribution in [0.1, 0.15) is 21.5 Å². The Bertz CT molecular complexity index is 947. The van der Waals surface area contributed by atoms with E-state index in [9.17, 15) is 32.9 Å². The number of nitrogens with one attached hydrogen (secondary N) is 1. The number of esters is 1. The highest BCUT2D eigenvalue weighted by molar-refractivity contribution is 6.30. The van der Waals surface area contributed by atoms with Gasteiger partial charge in [0.2, 0.25) is 0 Å². The van der Waals surface area contributed by atoms with E-state index in [0.717, 1.165) is 18.2 Å². The van der Waals surface area contributed by atoms with Crippen LogP contribution in [0.15, 0.2) is 36.4 Å². The molecule has 0 fully saturated rings. The lowest BCUT2D eigenvalue weighted by molar-refractivity contribution is -0.385. The maximum Gasteiger partial charge on any atom is 0.418 e. The molecule has 0 spiro atoms. The number of benzene rings is 2. The molecule has 7 nitrogen and oxygen atoms in total. The van der Waals surface area contributed by atoms with Crippen molar-refractivity contribution in [3.63, 3.8) is 0 Å². The Morgan fingerprint density at radius 1 is 1.25 bits per heavy atom. The fourth-order valence-electron chi connectivity index (χ4n) is 2.32. The van der Waals surface area contributed by atoms with Gasteiger partial charge in [-0.15, -0.1) is 0 Å². The number of nitro groups is 1. The summed E-state index contributed by atoms with van der Waals surface area (Å²) in [7, 11) is 0. The number of carbonyl (C=O) groups is 2. The Balaban J connectivity index is 2.13. The van der Waals surface area contributed by atoms with Crippen molar-refractivity contribution in [2.45, 2.75) is 13.1 Å². The Labute approximate surface area is 161 Å². The minimum absolute atomic E-state index is 0.177. The molecule has 0 radical (unpaired) electrons. The lowest BCUT2D eigenvalue weighted by Gasteiger charge is -2.14. The summed E-state index contributed by atoms with van der Waals surface area (Å²) in [4.78, 5) is 34.2. The van der Waals surface area contributed by atoms with Gasteiger partial charge < -0.3 is 10.1 Å². The maximum absolute atomic E-state index is 13.0. The second kappa shape index (κ2) is 8.26. The van der Waals surface area contributed by atoms with E-state index in [4.69, 9.17) is 16.3 Å². The van der Waals surface area contributed by atoms with Crippen LogP contribution >= 0.6 is 11.6 Å². The molecule has 0 heterocycles. The van der Waals surface area contributed by atoms with Gasteiger partial charge in [-0.05, 0) is 30.7 Å². The van der Waals surface area contributed by atoms with E-state index in [-0.39, 0.29) is 16.1 Å². The second-order valence-electron chi connectivity index (χ2n) is 5.54. The van der Waals surface area contributed by atoms with Crippen LogP contribution in [0.5, 0.6) is 0 Å². The van der Waals surface area contributed by atoms with Crippen molar-refractivity contribution in [2.75, 3.05) is 11.9 Å². The molecule has 0 aliphatic carbocycles. The monoisotopic (exact) mass is 416 g/mol. The van der Waals surface area contributed by atoms with E-state index in [2.05, 4.69) is 0 Å². The Hall–Kier alpha value is -3.14. The zero-order valence-corrected chi connectivity index (χ0v) is 14.9. The van der Waals surface area contributed by atoms with E-state index >= 15 is 0 Å². The summed E-state index contributed by atoms with van der Waals surface area (Å²) in [6.07, 6.45) is -4.77. The van der Waals surface area contributed by atoms with Gasteiger partial charge in [0.1, 0.15) is 5.56 Å². The molecule has 1 amide bonds. The van der Waals surface area contributed by atoms with E-state index in [0.29, 0.717) is 6.07 Å². The van der Waals surface area contributed by atoms with Crippen LogP contribution in [-0.2, 0) is 15.7 Å². The molecule has 0 aliphatic heterocycles. The van der Waals surface area contributed by atoms with Gasteiger partial charge >= 0.3 is 12.1 Å². The van der Waals surface area contributed by atoms with Crippen LogP contribution < -0.4 is 5.32 Å². The maximum atomic E-state index is 13.0. The van der Waals surface area contributed by atoms with Crippen LogP contribution in [0.25, 0.3) is 0 Å². The molecule has 148 valence electrons. The van der Waals surface area contributed by atoms with E-state index < -0.39 is 46.5 Å². The fourth-order valence-corrected chi connectivity index (χ4v) is 2.49. The summed E-state index contributed by atoms with van der Waals surface area (Å²) in [5.74, 6) is -2.20. The first kappa shape index (κ1) is 21.2. The number of nitro benzene ring substituents is 1. The van der Waals surface area contributed by atoms with Crippen molar-refractivity contribution in [3.8, 4) is 0 Å². The Morgan fingerprint density at radius 2 is 1.93 bits per heavy atom. The summed E-state index contributed by atoms with van der Waals surface area (Å²) in [5.41, 5.74) is -2.35. The van der Waals surface area contributed by atoms with Gasteiger partial charge in [-0.1, -0.05) is 23.7 Å². The summed E-state index contributed by atoms with van der Waals surface area (Å²) in [6, 6.07) is 6.64. The molecule has 0 saturated carbocycles. The largest absolute Gasteiger partial charge is 0.452 e. The quantitative estimate of drug-likeness (QED) is 0.443. The predicted octanol–water partition coefficient (Wildman–Crippen LogP) is 4.37. The van der Waals surface area contributed by atoms with Crippen LogP contribution in [0, 0.1) is 17.0 Å². The molecule has 0 unspecified atom stereocenters. The Morgan fingerprint density at radius 3 is 2.54 bits per heavy atom. The van der Waals surface area contributed by atoms with Crippen LogP contribution in [0.2, 0.25) is 5.02 Å². The molecule has 0 aromatic heterocycles. The van der Waals surface area contributed by atoms with Crippen molar-refractivity contribution in [2.24, 2.45) is 0 Å². The standard InChI is InChI=1S/C17H12ClF3N2O5/c1-9-3-2-4-13(23(26)27)15(9)16(25)28-8-14(24)22-12-6-5-10(18)7-11(12)17(19,20)21/h2-7H,8H2,1H3,(H,22,24). The minimum Gasteiger partial charge on any atom is -0.452 e. The summed E-state index contributed by atoms with van der Waals surface area (Å²) >= 11 is 5.55. The number of rotatable bonds is 5. The molecule has 0 atom stereocenters. The molecule has 0 aliphatic rings. The van der Waals surface area contributed by atoms with Gasteiger partial charge in [-0.3, -0.25) is 14.9 Å². The average Bonchev–Trinajstić information content (AvgIpc) is 2.60. The summed E-state index contributed by atoms with van der Waals surface area (Å²) in [5, 5.41) is 12.8. The number of aryl methyl sites for hydroxylation is 1. The van der Waals surface area contributed by atoms with Gasteiger partial charge in [-0.25, -0.2) is 4.79 Å². The molecular weight excluding hydrogens is 405 g/mol. The molecule has 2 aromatic rings. The predicted molar refractivity (Wildman–Crippen MR) is 93.2 cm³/mol. The lowest BCUT2D eigenvalue weighted by Crippen LogP contribution is -2.23. The smallest absolute Gasteiger partial charge is 0.418 e. The summed E-state index contributed by atoms with van der Waals surface area (Å²) in [6.45, 7) is 0.497. The number of ether oxygens (including phenoxy) is 1. The van der Waals surface area contributed by atoms with E-state index in [1.807, 2.05) is 5.32 Å². The Kier molecular flexibility index (Phi) is 6.24. The van der Waals surface area contributed by atoms with Crippen LogP contribution in [0.3, 0.4) is 0 Å². The first-order chi connectivity index (χ1) is 13.0. The minimum atomic E-state index is -4.77. The number of hydrogen-bond acceptors (Lipinski definition) is 5. The fraction of sp³-hybridized carbons (Fsp3) is 0.176. The van der Waals surface area contributed by atoms with E-state index in [1.165, 1.54) is 19.1 Å².